The average Bonchev–Trinajstić information content (AvgIpc) is 1.78. The molecule has 0 aliphatic carbocycles. The van der Waals surface area contributed by atoms with E-state index in [-0.39, 0.29) is 11.3 Å². The van der Waals surface area contributed by atoms with Crippen molar-refractivity contribution in [3.63, 3.8) is 0 Å². The van der Waals surface area contributed by atoms with Crippen LogP contribution in [0, 0.1) is 11.6 Å². The molecule has 0 aromatic heterocycles. The topological polar surface area (TPSA) is 34.1 Å². The van der Waals surface area contributed by atoms with Crippen molar-refractivity contribution in [2.75, 3.05) is 6.26 Å². The van der Waals surface area contributed by atoms with E-state index in [4.69, 9.17) is 0 Å². The van der Waals surface area contributed by atoms with Crippen LogP contribution in [0.4, 0.5) is 8.78 Å². The average molecular weight is 206 g/mol. The van der Waals surface area contributed by atoms with Crippen LogP contribution < -0.4 is 0 Å². The van der Waals surface area contributed by atoms with Crippen LogP contribution in [0.15, 0.2) is 18.2 Å². The largest absolute Gasteiger partial charge is 0.229 e. The lowest BCUT2D eigenvalue weighted by atomic mass is 10.2. The number of benzene rings is 1. The molecule has 13 heavy (non-hydrogen) atoms. The van der Waals surface area contributed by atoms with Crippen LogP contribution in [0.5, 0.6) is 0 Å². The highest BCUT2D eigenvalue weighted by Crippen LogP contribution is 2.10. The third-order valence-electron chi connectivity index (χ3n) is 1.35. The van der Waals surface area contributed by atoms with Crippen LogP contribution in [0.2, 0.25) is 0 Å². The van der Waals surface area contributed by atoms with Crippen LogP contribution in [0.3, 0.4) is 0 Å². The molecule has 1 rings (SSSR count). The van der Waals surface area contributed by atoms with Crippen molar-refractivity contribution in [2.45, 2.75) is 5.75 Å². The molecular weight excluding hydrogens is 198 g/mol. The summed E-state index contributed by atoms with van der Waals surface area (Å²) in [6.45, 7) is 0. The van der Waals surface area contributed by atoms with E-state index in [1.807, 2.05) is 0 Å². The smallest absolute Gasteiger partial charge is 0.151 e. The fraction of sp³-hybridized carbons (Fsp3) is 0.250. The minimum Gasteiger partial charge on any atom is -0.229 e. The Balaban J connectivity index is 3.03. The molecule has 0 aliphatic heterocycles. The summed E-state index contributed by atoms with van der Waals surface area (Å²) >= 11 is 0. The van der Waals surface area contributed by atoms with Gasteiger partial charge in [0.05, 0.1) is 5.75 Å². The number of hydrogen-bond donors (Lipinski definition) is 0. The van der Waals surface area contributed by atoms with E-state index < -0.39 is 21.5 Å². The third-order valence-corrected chi connectivity index (χ3v) is 2.21. The second kappa shape index (κ2) is 3.41. The summed E-state index contributed by atoms with van der Waals surface area (Å²) in [5.41, 5.74) is 0.125. The molecule has 1 aromatic rings. The summed E-state index contributed by atoms with van der Waals surface area (Å²) in [6.07, 6.45) is 1.01. The molecule has 0 bridgehead atoms. The molecule has 72 valence electrons. The predicted molar refractivity (Wildman–Crippen MR) is 44.9 cm³/mol. The Kier molecular flexibility index (Phi) is 2.66. The van der Waals surface area contributed by atoms with Crippen molar-refractivity contribution in [3.05, 3.63) is 35.4 Å². The minimum atomic E-state index is -3.24. The Morgan fingerprint density at radius 1 is 1.15 bits per heavy atom. The quantitative estimate of drug-likeness (QED) is 0.735. The van der Waals surface area contributed by atoms with Crippen molar-refractivity contribution >= 4 is 9.84 Å². The van der Waals surface area contributed by atoms with Crippen molar-refractivity contribution < 1.29 is 17.2 Å². The van der Waals surface area contributed by atoms with Crippen LogP contribution in [0.1, 0.15) is 5.56 Å². The van der Waals surface area contributed by atoms with E-state index in [0.29, 0.717) is 6.07 Å². The van der Waals surface area contributed by atoms with Crippen molar-refractivity contribution in [1.82, 2.24) is 0 Å². The standard InChI is InChI=1S/C8H8F2O2S/c1-13(11,12)5-6-2-7(9)4-8(10)3-6/h2-4H,5H2,1H3. The number of halogens is 2. The first-order valence-corrected chi connectivity index (χ1v) is 5.55. The third kappa shape index (κ3) is 3.50. The van der Waals surface area contributed by atoms with Gasteiger partial charge in [-0.05, 0) is 17.7 Å². The van der Waals surface area contributed by atoms with Gasteiger partial charge in [-0.3, -0.25) is 0 Å². The van der Waals surface area contributed by atoms with Crippen LogP contribution in [0.25, 0.3) is 0 Å². The van der Waals surface area contributed by atoms with Gasteiger partial charge < -0.3 is 0 Å². The van der Waals surface area contributed by atoms with Gasteiger partial charge in [0.15, 0.2) is 9.84 Å². The lowest BCUT2D eigenvalue weighted by molar-refractivity contribution is 0.579. The number of rotatable bonds is 2. The summed E-state index contributed by atoms with van der Waals surface area (Å²) < 4.78 is 46.7. The summed E-state index contributed by atoms with van der Waals surface area (Å²) in [5, 5.41) is 0. The SMILES string of the molecule is CS(=O)(=O)Cc1cc(F)cc(F)c1. The lowest BCUT2D eigenvalue weighted by Crippen LogP contribution is -2.01. The van der Waals surface area contributed by atoms with Crippen molar-refractivity contribution in [1.29, 1.82) is 0 Å². The normalized spacial score (nSPS) is 11.6. The van der Waals surface area contributed by atoms with E-state index in [0.717, 1.165) is 18.4 Å². The first-order valence-electron chi connectivity index (χ1n) is 3.49. The van der Waals surface area contributed by atoms with Crippen molar-refractivity contribution in [3.8, 4) is 0 Å². The van der Waals surface area contributed by atoms with Gasteiger partial charge in [0.2, 0.25) is 0 Å². The molecule has 0 spiro atoms. The number of hydrogen-bond acceptors (Lipinski definition) is 2. The first-order chi connectivity index (χ1) is 5.87. The molecule has 0 amide bonds. The lowest BCUT2D eigenvalue weighted by Gasteiger charge is -1.99. The van der Waals surface area contributed by atoms with E-state index >= 15 is 0 Å². The van der Waals surface area contributed by atoms with E-state index in [9.17, 15) is 17.2 Å². The minimum absolute atomic E-state index is 0.125. The van der Waals surface area contributed by atoms with Gasteiger partial charge in [-0.2, -0.15) is 0 Å². The first kappa shape index (κ1) is 10.1. The second-order valence-electron chi connectivity index (χ2n) is 2.85. The van der Waals surface area contributed by atoms with E-state index in [2.05, 4.69) is 0 Å². The molecule has 1 aromatic carbocycles. The molecule has 0 fully saturated rings. The van der Waals surface area contributed by atoms with Gasteiger partial charge in [0.25, 0.3) is 0 Å². The molecule has 2 nitrogen and oxygen atoms in total. The monoisotopic (exact) mass is 206 g/mol. The Hall–Kier alpha value is -0.970. The zero-order valence-electron chi connectivity index (χ0n) is 6.92. The van der Waals surface area contributed by atoms with Gasteiger partial charge in [-0.15, -0.1) is 0 Å². The van der Waals surface area contributed by atoms with Gasteiger partial charge >= 0.3 is 0 Å². The molecule has 5 heteroatoms. The molecular formula is C8H8F2O2S. The number of sulfone groups is 1. The fourth-order valence-electron chi connectivity index (χ4n) is 0.997. The van der Waals surface area contributed by atoms with Gasteiger partial charge in [0, 0.05) is 12.3 Å². The second-order valence-corrected chi connectivity index (χ2v) is 4.99. The molecule has 0 saturated heterocycles. The van der Waals surface area contributed by atoms with Crippen LogP contribution in [-0.4, -0.2) is 14.7 Å². The van der Waals surface area contributed by atoms with Crippen LogP contribution in [-0.2, 0) is 15.6 Å². The maximum absolute atomic E-state index is 12.6. The Morgan fingerprint density at radius 3 is 2.00 bits per heavy atom. The Labute approximate surface area is 75.1 Å². The zero-order valence-corrected chi connectivity index (χ0v) is 7.74. The summed E-state index contributed by atoms with van der Waals surface area (Å²) in [6, 6.07) is 2.71. The maximum atomic E-state index is 12.6. The molecule has 0 N–H and O–H groups in total. The van der Waals surface area contributed by atoms with Crippen LogP contribution >= 0.6 is 0 Å². The van der Waals surface area contributed by atoms with Gasteiger partial charge in [-0.1, -0.05) is 0 Å². The highest BCUT2D eigenvalue weighted by Gasteiger charge is 2.07. The highest BCUT2D eigenvalue weighted by atomic mass is 32.2. The summed E-state index contributed by atoms with van der Waals surface area (Å²) in [4.78, 5) is 0. The predicted octanol–water partition coefficient (Wildman–Crippen LogP) is 1.51. The Morgan fingerprint density at radius 2 is 1.62 bits per heavy atom. The van der Waals surface area contributed by atoms with Gasteiger partial charge in [0.1, 0.15) is 11.6 Å². The zero-order chi connectivity index (χ0) is 10.1. The molecule has 0 radical (unpaired) electrons. The summed E-state index contributed by atoms with van der Waals surface area (Å²) in [5.74, 6) is -1.88. The van der Waals surface area contributed by atoms with E-state index in [1.54, 1.807) is 0 Å². The molecule has 0 unspecified atom stereocenters. The van der Waals surface area contributed by atoms with Gasteiger partial charge in [-0.25, -0.2) is 17.2 Å². The van der Waals surface area contributed by atoms with Crippen molar-refractivity contribution in [2.24, 2.45) is 0 Å². The molecule has 0 aliphatic rings. The fourth-order valence-corrected chi connectivity index (χ4v) is 1.77. The summed E-state index contributed by atoms with van der Waals surface area (Å²) in [7, 11) is -3.24. The maximum Gasteiger partial charge on any atom is 0.151 e. The molecule has 0 heterocycles. The molecule has 0 saturated carbocycles. The molecule has 0 atom stereocenters. The van der Waals surface area contributed by atoms with E-state index in [1.165, 1.54) is 0 Å². The Bertz CT molecular complexity index is 392. The highest BCUT2D eigenvalue weighted by molar-refractivity contribution is 7.89.